The van der Waals surface area contributed by atoms with E-state index in [1.807, 2.05) is 4.90 Å². The van der Waals surface area contributed by atoms with Crippen molar-refractivity contribution in [3.63, 3.8) is 0 Å². The van der Waals surface area contributed by atoms with Gasteiger partial charge in [0.2, 0.25) is 11.8 Å². The fourth-order valence-corrected chi connectivity index (χ4v) is 2.60. The van der Waals surface area contributed by atoms with Crippen LogP contribution in [0.2, 0.25) is 0 Å². The highest BCUT2D eigenvalue weighted by Gasteiger charge is 2.33. The number of carbonyl (C=O) groups is 2. The SMILES string of the molecule is CCCCCC(=O)N(Cc1nc(C(=O)NC2CC2)co1)C1CC1. The third-order valence-electron chi connectivity index (χ3n) is 4.30. The number of hydrogen-bond acceptors (Lipinski definition) is 4. The lowest BCUT2D eigenvalue weighted by Gasteiger charge is -2.20. The minimum atomic E-state index is -0.185. The lowest BCUT2D eigenvalue weighted by molar-refractivity contribution is -0.132. The van der Waals surface area contributed by atoms with Gasteiger partial charge < -0.3 is 14.6 Å². The minimum absolute atomic E-state index is 0.170. The Morgan fingerprint density at radius 1 is 1.30 bits per heavy atom. The Balaban J connectivity index is 1.56. The summed E-state index contributed by atoms with van der Waals surface area (Å²) < 4.78 is 5.41. The Hall–Kier alpha value is -1.85. The quantitative estimate of drug-likeness (QED) is 0.710. The number of hydrogen-bond donors (Lipinski definition) is 1. The van der Waals surface area contributed by atoms with Gasteiger partial charge in [0, 0.05) is 18.5 Å². The van der Waals surface area contributed by atoms with E-state index in [1.54, 1.807) is 0 Å². The van der Waals surface area contributed by atoms with Gasteiger partial charge in [-0.05, 0) is 32.1 Å². The summed E-state index contributed by atoms with van der Waals surface area (Å²) in [4.78, 5) is 30.4. The van der Waals surface area contributed by atoms with Gasteiger partial charge in [-0.3, -0.25) is 9.59 Å². The Labute approximate surface area is 136 Å². The van der Waals surface area contributed by atoms with Crippen molar-refractivity contribution in [1.29, 1.82) is 0 Å². The third-order valence-corrected chi connectivity index (χ3v) is 4.30. The Bertz CT molecular complexity index is 561. The number of aromatic nitrogens is 1. The average molecular weight is 319 g/mol. The molecule has 0 saturated heterocycles. The van der Waals surface area contributed by atoms with E-state index in [0.29, 0.717) is 36.6 Å². The fourth-order valence-electron chi connectivity index (χ4n) is 2.60. The van der Waals surface area contributed by atoms with Gasteiger partial charge in [0.15, 0.2) is 5.69 Å². The average Bonchev–Trinajstić information content (AvgIpc) is 3.46. The van der Waals surface area contributed by atoms with Crippen molar-refractivity contribution in [3.8, 4) is 0 Å². The molecule has 126 valence electrons. The zero-order valence-corrected chi connectivity index (χ0v) is 13.7. The van der Waals surface area contributed by atoms with Crippen LogP contribution in [0.15, 0.2) is 10.7 Å². The molecule has 0 aromatic carbocycles. The van der Waals surface area contributed by atoms with Crippen LogP contribution in [0.4, 0.5) is 0 Å². The third kappa shape index (κ3) is 4.56. The van der Waals surface area contributed by atoms with Crippen LogP contribution < -0.4 is 5.32 Å². The first-order valence-electron chi connectivity index (χ1n) is 8.72. The molecule has 0 spiro atoms. The monoisotopic (exact) mass is 319 g/mol. The van der Waals surface area contributed by atoms with E-state index in [0.717, 1.165) is 44.9 Å². The largest absolute Gasteiger partial charge is 0.446 e. The van der Waals surface area contributed by atoms with E-state index < -0.39 is 0 Å². The molecule has 3 rings (SSSR count). The predicted octanol–water partition coefficient (Wildman–Crippen LogP) is 2.64. The van der Waals surface area contributed by atoms with Gasteiger partial charge in [-0.1, -0.05) is 19.8 Å². The first-order valence-corrected chi connectivity index (χ1v) is 8.72. The number of nitrogens with zero attached hydrogens (tertiary/aromatic N) is 2. The van der Waals surface area contributed by atoms with Crippen molar-refractivity contribution >= 4 is 11.8 Å². The van der Waals surface area contributed by atoms with Crippen molar-refractivity contribution < 1.29 is 14.0 Å². The smallest absolute Gasteiger partial charge is 0.273 e. The highest BCUT2D eigenvalue weighted by Crippen LogP contribution is 2.29. The maximum Gasteiger partial charge on any atom is 0.273 e. The van der Waals surface area contributed by atoms with E-state index in [9.17, 15) is 9.59 Å². The zero-order valence-electron chi connectivity index (χ0n) is 13.7. The van der Waals surface area contributed by atoms with Crippen LogP contribution in [0, 0.1) is 0 Å². The molecule has 0 unspecified atom stereocenters. The van der Waals surface area contributed by atoms with E-state index >= 15 is 0 Å². The number of oxazole rings is 1. The maximum absolute atomic E-state index is 12.4. The summed E-state index contributed by atoms with van der Waals surface area (Å²) in [5.41, 5.74) is 0.307. The van der Waals surface area contributed by atoms with Crippen LogP contribution in [0.5, 0.6) is 0 Å². The molecule has 23 heavy (non-hydrogen) atoms. The summed E-state index contributed by atoms with van der Waals surface area (Å²) in [6, 6.07) is 0.616. The molecule has 1 N–H and O–H groups in total. The molecule has 0 bridgehead atoms. The molecule has 2 amide bonds. The first kappa shape index (κ1) is 16.0. The summed E-state index contributed by atoms with van der Waals surface area (Å²) in [5.74, 6) is 0.430. The van der Waals surface area contributed by atoms with Crippen molar-refractivity contribution in [2.75, 3.05) is 0 Å². The van der Waals surface area contributed by atoms with Crippen molar-refractivity contribution in [3.05, 3.63) is 17.8 Å². The lowest BCUT2D eigenvalue weighted by Crippen LogP contribution is -2.32. The van der Waals surface area contributed by atoms with Gasteiger partial charge in [-0.2, -0.15) is 0 Å². The molecule has 1 aromatic heterocycles. The van der Waals surface area contributed by atoms with Crippen LogP contribution >= 0.6 is 0 Å². The summed E-state index contributed by atoms with van der Waals surface area (Å²) in [6.07, 6.45) is 9.27. The summed E-state index contributed by atoms with van der Waals surface area (Å²) in [7, 11) is 0. The number of nitrogens with one attached hydrogen (secondary N) is 1. The van der Waals surface area contributed by atoms with E-state index in [-0.39, 0.29) is 11.8 Å². The Kier molecular flexibility index (Phi) is 4.98. The fraction of sp³-hybridized carbons (Fsp3) is 0.706. The van der Waals surface area contributed by atoms with Crippen LogP contribution in [0.1, 0.15) is 74.7 Å². The van der Waals surface area contributed by atoms with Gasteiger partial charge in [0.1, 0.15) is 6.26 Å². The first-order chi connectivity index (χ1) is 11.2. The summed E-state index contributed by atoms with van der Waals surface area (Å²) in [6.45, 7) is 2.50. The second-order valence-corrected chi connectivity index (χ2v) is 6.58. The Morgan fingerprint density at radius 3 is 2.74 bits per heavy atom. The molecule has 0 aliphatic heterocycles. The lowest BCUT2D eigenvalue weighted by atomic mass is 10.2. The number of rotatable bonds is 9. The normalized spacial score (nSPS) is 17.1. The van der Waals surface area contributed by atoms with E-state index in [2.05, 4.69) is 17.2 Å². The zero-order chi connectivity index (χ0) is 16.2. The second kappa shape index (κ2) is 7.15. The van der Waals surface area contributed by atoms with Crippen LogP contribution in [-0.4, -0.2) is 33.8 Å². The second-order valence-electron chi connectivity index (χ2n) is 6.58. The molecule has 0 radical (unpaired) electrons. The van der Waals surface area contributed by atoms with Crippen molar-refractivity contribution in [1.82, 2.24) is 15.2 Å². The molecular formula is C17H25N3O3. The molecule has 6 heteroatoms. The minimum Gasteiger partial charge on any atom is -0.446 e. The van der Waals surface area contributed by atoms with E-state index in [4.69, 9.17) is 4.42 Å². The van der Waals surface area contributed by atoms with Gasteiger partial charge >= 0.3 is 0 Å². The molecule has 2 aliphatic rings. The molecule has 1 heterocycles. The molecule has 2 fully saturated rings. The standard InChI is InChI=1S/C17H25N3O3/c1-2-3-4-5-16(21)20(13-8-9-13)10-15-19-14(11-23-15)17(22)18-12-6-7-12/h11-13H,2-10H2,1H3,(H,18,22). The molecule has 6 nitrogen and oxygen atoms in total. The van der Waals surface area contributed by atoms with E-state index in [1.165, 1.54) is 6.26 Å². The van der Waals surface area contributed by atoms with Crippen LogP contribution in [0.25, 0.3) is 0 Å². The number of carbonyl (C=O) groups excluding carboxylic acids is 2. The van der Waals surface area contributed by atoms with Crippen LogP contribution in [-0.2, 0) is 11.3 Å². The van der Waals surface area contributed by atoms with Crippen molar-refractivity contribution in [2.24, 2.45) is 0 Å². The number of amides is 2. The topological polar surface area (TPSA) is 75.4 Å². The van der Waals surface area contributed by atoms with Gasteiger partial charge in [-0.15, -0.1) is 0 Å². The molecule has 0 atom stereocenters. The van der Waals surface area contributed by atoms with Gasteiger partial charge in [-0.25, -0.2) is 4.98 Å². The molecular weight excluding hydrogens is 294 g/mol. The highest BCUT2D eigenvalue weighted by molar-refractivity contribution is 5.92. The number of unbranched alkanes of at least 4 members (excludes halogenated alkanes) is 2. The molecule has 2 aliphatic carbocycles. The van der Waals surface area contributed by atoms with Crippen molar-refractivity contribution in [2.45, 2.75) is 76.9 Å². The van der Waals surface area contributed by atoms with Gasteiger partial charge in [0.25, 0.3) is 5.91 Å². The summed E-state index contributed by atoms with van der Waals surface area (Å²) in [5, 5.41) is 2.89. The molecule has 2 saturated carbocycles. The highest BCUT2D eigenvalue weighted by atomic mass is 16.3. The maximum atomic E-state index is 12.4. The Morgan fingerprint density at radius 2 is 2.09 bits per heavy atom. The summed E-state index contributed by atoms with van der Waals surface area (Å²) >= 11 is 0. The predicted molar refractivity (Wildman–Crippen MR) is 84.7 cm³/mol. The molecule has 1 aromatic rings. The van der Waals surface area contributed by atoms with Gasteiger partial charge in [0.05, 0.1) is 6.54 Å². The van der Waals surface area contributed by atoms with Crippen LogP contribution in [0.3, 0.4) is 0 Å².